The number of carbonyl (C=O) groups is 2. The number of benzene rings is 1. The van der Waals surface area contributed by atoms with Crippen LogP contribution >= 0.6 is 0 Å². The number of piperazine rings is 1. The van der Waals surface area contributed by atoms with E-state index < -0.39 is 5.97 Å². The maximum atomic E-state index is 12.1. The number of hydrogen-bond donors (Lipinski definition) is 2. The molecule has 2 N–H and O–H groups in total. The summed E-state index contributed by atoms with van der Waals surface area (Å²) in [6.45, 7) is 6.94. The van der Waals surface area contributed by atoms with Gasteiger partial charge in [-0.2, -0.15) is 0 Å². The van der Waals surface area contributed by atoms with Crippen molar-refractivity contribution >= 4 is 23.3 Å². The van der Waals surface area contributed by atoms with Gasteiger partial charge in [-0.1, -0.05) is 13.3 Å². The topological polar surface area (TPSA) is 72.9 Å². The van der Waals surface area contributed by atoms with Gasteiger partial charge in [0.15, 0.2) is 0 Å². The second-order valence-corrected chi connectivity index (χ2v) is 6.57. The van der Waals surface area contributed by atoms with E-state index in [1.165, 1.54) is 0 Å². The van der Waals surface area contributed by atoms with E-state index in [9.17, 15) is 14.7 Å². The number of anilines is 2. The smallest absolute Gasteiger partial charge is 0.337 e. The van der Waals surface area contributed by atoms with Crippen molar-refractivity contribution in [2.45, 2.75) is 26.2 Å². The molecule has 130 valence electrons. The Balaban J connectivity index is 1.74. The molecule has 1 aliphatic heterocycles. The van der Waals surface area contributed by atoms with Gasteiger partial charge in [0.1, 0.15) is 0 Å². The van der Waals surface area contributed by atoms with Crippen molar-refractivity contribution in [1.29, 1.82) is 0 Å². The third-order valence-corrected chi connectivity index (χ3v) is 5.15. The Morgan fingerprint density at radius 2 is 1.92 bits per heavy atom. The molecule has 1 amide bonds. The van der Waals surface area contributed by atoms with E-state index >= 15 is 0 Å². The largest absolute Gasteiger partial charge is 0.478 e. The van der Waals surface area contributed by atoms with Gasteiger partial charge >= 0.3 is 5.97 Å². The standard InChI is InChI=1S/C18H25N3O3/c1-2-20-8-10-21(11-9-20)14-6-7-16(15(12-14)18(23)24)19-17(22)13-4-3-5-13/h6-7,12-13H,2-5,8-11H2,1H3,(H,19,22)(H,23,24). The average Bonchev–Trinajstić information content (AvgIpc) is 2.53. The van der Waals surface area contributed by atoms with Crippen molar-refractivity contribution < 1.29 is 14.7 Å². The molecule has 0 unspecified atom stereocenters. The van der Waals surface area contributed by atoms with Gasteiger partial charge in [0.2, 0.25) is 5.91 Å². The zero-order chi connectivity index (χ0) is 17.1. The summed E-state index contributed by atoms with van der Waals surface area (Å²) >= 11 is 0. The number of nitrogens with zero attached hydrogens (tertiary/aromatic N) is 2. The van der Waals surface area contributed by atoms with Crippen molar-refractivity contribution in [1.82, 2.24) is 4.90 Å². The molecule has 1 saturated heterocycles. The summed E-state index contributed by atoms with van der Waals surface area (Å²) in [6.07, 6.45) is 2.87. The molecule has 6 nitrogen and oxygen atoms in total. The van der Waals surface area contributed by atoms with Gasteiger partial charge in [0.05, 0.1) is 11.3 Å². The minimum atomic E-state index is -1.01. The number of rotatable bonds is 5. The predicted octanol–water partition coefficient (Wildman–Crippen LogP) is 2.27. The summed E-state index contributed by atoms with van der Waals surface area (Å²) < 4.78 is 0. The minimum Gasteiger partial charge on any atom is -0.478 e. The second kappa shape index (κ2) is 7.21. The molecule has 0 spiro atoms. The first-order valence-corrected chi connectivity index (χ1v) is 8.74. The molecule has 0 aromatic heterocycles. The fourth-order valence-corrected chi connectivity index (χ4v) is 3.24. The maximum Gasteiger partial charge on any atom is 0.337 e. The Labute approximate surface area is 142 Å². The third-order valence-electron chi connectivity index (χ3n) is 5.15. The highest BCUT2D eigenvalue weighted by molar-refractivity contribution is 6.02. The zero-order valence-corrected chi connectivity index (χ0v) is 14.1. The summed E-state index contributed by atoms with van der Waals surface area (Å²) in [7, 11) is 0. The molecule has 0 atom stereocenters. The Hall–Kier alpha value is -2.08. The van der Waals surface area contributed by atoms with E-state index in [0.717, 1.165) is 57.7 Å². The molecule has 2 fully saturated rings. The van der Waals surface area contributed by atoms with E-state index in [2.05, 4.69) is 22.0 Å². The lowest BCUT2D eigenvalue weighted by molar-refractivity contribution is -0.122. The van der Waals surface area contributed by atoms with E-state index in [1.54, 1.807) is 12.1 Å². The highest BCUT2D eigenvalue weighted by Crippen LogP contribution is 2.29. The van der Waals surface area contributed by atoms with Crippen molar-refractivity contribution in [2.75, 3.05) is 42.9 Å². The van der Waals surface area contributed by atoms with Crippen molar-refractivity contribution in [3.8, 4) is 0 Å². The normalized spacial score (nSPS) is 19.0. The molecular formula is C18H25N3O3. The predicted molar refractivity (Wildman–Crippen MR) is 93.7 cm³/mol. The highest BCUT2D eigenvalue weighted by atomic mass is 16.4. The van der Waals surface area contributed by atoms with Crippen molar-refractivity contribution in [3.63, 3.8) is 0 Å². The molecule has 24 heavy (non-hydrogen) atoms. The van der Waals surface area contributed by atoms with Crippen LogP contribution in [-0.4, -0.2) is 54.6 Å². The van der Waals surface area contributed by atoms with E-state index in [-0.39, 0.29) is 17.4 Å². The number of carbonyl (C=O) groups excluding carboxylic acids is 1. The number of aromatic carboxylic acids is 1. The van der Waals surface area contributed by atoms with Crippen LogP contribution in [0.2, 0.25) is 0 Å². The van der Waals surface area contributed by atoms with Crippen LogP contribution in [0, 0.1) is 5.92 Å². The van der Waals surface area contributed by atoms with Gasteiger partial charge in [-0.15, -0.1) is 0 Å². The first-order valence-electron chi connectivity index (χ1n) is 8.74. The van der Waals surface area contributed by atoms with Gasteiger partial charge in [-0.05, 0) is 37.6 Å². The lowest BCUT2D eigenvalue weighted by Gasteiger charge is -2.35. The number of carboxylic acid groups (broad SMARTS) is 1. The lowest BCUT2D eigenvalue weighted by atomic mass is 9.85. The van der Waals surface area contributed by atoms with Gasteiger partial charge in [0.25, 0.3) is 0 Å². The lowest BCUT2D eigenvalue weighted by Crippen LogP contribution is -2.46. The number of hydrogen-bond acceptors (Lipinski definition) is 4. The van der Waals surface area contributed by atoms with Gasteiger partial charge in [-0.3, -0.25) is 4.79 Å². The van der Waals surface area contributed by atoms with Crippen LogP contribution in [-0.2, 0) is 4.79 Å². The Morgan fingerprint density at radius 1 is 1.21 bits per heavy atom. The van der Waals surface area contributed by atoms with Crippen LogP contribution < -0.4 is 10.2 Å². The van der Waals surface area contributed by atoms with Crippen LogP contribution in [0.25, 0.3) is 0 Å². The molecule has 1 heterocycles. The fraction of sp³-hybridized carbons (Fsp3) is 0.556. The monoisotopic (exact) mass is 331 g/mol. The summed E-state index contributed by atoms with van der Waals surface area (Å²) in [4.78, 5) is 28.3. The summed E-state index contributed by atoms with van der Waals surface area (Å²) in [5, 5.41) is 12.3. The summed E-state index contributed by atoms with van der Waals surface area (Å²) in [6, 6.07) is 5.31. The SMILES string of the molecule is CCN1CCN(c2ccc(NC(=O)C3CCC3)c(C(=O)O)c2)CC1. The molecule has 0 radical (unpaired) electrons. The van der Waals surface area contributed by atoms with Crippen LogP contribution in [0.4, 0.5) is 11.4 Å². The highest BCUT2D eigenvalue weighted by Gasteiger charge is 2.26. The number of likely N-dealkylation sites (N-methyl/N-ethyl adjacent to an activating group) is 1. The molecule has 6 heteroatoms. The summed E-state index contributed by atoms with van der Waals surface area (Å²) in [5.41, 5.74) is 1.47. The minimum absolute atomic E-state index is 0.0356. The number of amides is 1. The van der Waals surface area contributed by atoms with Crippen LogP contribution in [0.3, 0.4) is 0 Å². The van der Waals surface area contributed by atoms with E-state index in [1.807, 2.05) is 6.07 Å². The third kappa shape index (κ3) is 3.53. The van der Waals surface area contributed by atoms with E-state index in [0.29, 0.717) is 5.69 Å². The molecule has 2 aliphatic rings. The molecule has 0 bridgehead atoms. The average molecular weight is 331 g/mol. The second-order valence-electron chi connectivity index (χ2n) is 6.57. The molecule has 1 aliphatic carbocycles. The van der Waals surface area contributed by atoms with Gasteiger partial charge < -0.3 is 20.2 Å². The van der Waals surface area contributed by atoms with Crippen LogP contribution in [0.1, 0.15) is 36.5 Å². The molecule has 1 aromatic rings. The molecule has 1 aromatic carbocycles. The molecule has 3 rings (SSSR count). The van der Waals surface area contributed by atoms with E-state index in [4.69, 9.17) is 0 Å². The number of carboxylic acids is 1. The Bertz CT molecular complexity index is 620. The van der Waals surface area contributed by atoms with Crippen LogP contribution in [0.5, 0.6) is 0 Å². The van der Waals surface area contributed by atoms with Crippen LogP contribution in [0.15, 0.2) is 18.2 Å². The Morgan fingerprint density at radius 3 is 2.46 bits per heavy atom. The van der Waals surface area contributed by atoms with Crippen molar-refractivity contribution in [3.05, 3.63) is 23.8 Å². The van der Waals surface area contributed by atoms with Gasteiger partial charge in [0, 0.05) is 37.8 Å². The fourth-order valence-electron chi connectivity index (χ4n) is 3.24. The molecule has 1 saturated carbocycles. The summed E-state index contributed by atoms with van der Waals surface area (Å²) in [5.74, 6) is -1.03. The van der Waals surface area contributed by atoms with Gasteiger partial charge in [-0.25, -0.2) is 4.79 Å². The quantitative estimate of drug-likeness (QED) is 0.866. The van der Waals surface area contributed by atoms with Crippen molar-refractivity contribution in [2.24, 2.45) is 5.92 Å². The first-order chi connectivity index (χ1) is 11.6. The first kappa shape index (κ1) is 16.8. The maximum absolute atomic E-state index is 12.1. The number of nitrogens with one attached hydrogen (secondary N) is 1. The molecular weight excluding hydrogens is 306 g/mol. The Kier molecular flexibility index (Phi) is 5.04. The zero-order valence-electron chi connectivity index (χ0n) is 14.1.